The number of guanidine groups is 1. The number of nitrogens with one attached hydrogen (secondary N) is 1. The highest BCUT2D eigenvalue weighted by molar-refractivity contribution is 14.0. The van der Waals surface area contributed by atoms with Crippen LogP contribution in [-0.4, -0.2) is 68.7 Å². The van der Waals surface area contributed by atoms with E-state index < -0.39 is 0 Å². The van der Waals surface area contributed by atoms with Gasteiger partial charge in [0.05, 0.1) is 19.3 Å². The monoisotopic (exact) mass is 516 g/mol. The van der Waals surface area contributed by atoms with Gasteiger partial charge in [-0.3, -0.25) is 9.89 Å². The predicted octanol–water partition coefficient (Wildman–Crippen LogP) is 3.81. The molecular formula is C22H37IN4O2. The third-order valence-electron chi connectivity index (χ3n) is 6.89. The SMILES string of the molecule is CN=C(NCC(c1ccc(C)o1)N1CCOCC1)N1CCC2(CCCCC2)C1.I. The summed E-state index contributed by atoms with van der Waals surface area (Å²) in [6, 6.07) is 4.39. The minimum Gasteiger partial charge on any atom is -0.465 e. The summed E-state index contributed by atoms with van der Waals surface area (Å²) in [6.45, 7) is 8.58. The lowest BCUT2D eigenvalue weighted by molar-refractivity contribution is 0.0123. The molecule has 2 aliphatic heterocycles. The Labute approximate surface area is 192 Å². The summed E-state index contributed by atoms with van der Waals surface area (Å²) >= 11 is 0. The van der Waals surface area contributed by atoms with Crippen molar-refractivity contribution in [2.75, 3.05) is 53.0 Å². The third kappa shape index (κ3) is 5.47. The number of hydrogen-bond acceptors (Lipinski definition) is 4. The highest BCUT2D eigenvalue weighted by atomic mass is 127. The van der Waals surface area contributed by atoms with Crippen molar-refractivity contribution in [1.82, 2.24) is 15.1 Å². The molecule has 3 fully saturated rings. The van der Waals surface area contributed by atoms with Crippen LogP contribution in [0.5, 0.6) is 0 Å². The van der Waals surface area contributed by atoms with Gasteiger partial charge in [-0.15, -0.1) is 24.0 Å². The maximum Gasteiger partial charge on any atom is 0.193 e. The molecule has 0 aromatic carbocycles. The zero-order chi connectivity index (χ0) is 19.4. The van der Waals surface area contributed by atoms with Gasteiger partial charge in [0.15, 0.2) is 5.96 Å². The van der Waals surface area contributed by atoms with Gasteiger partial charge in [-0.2, -0.15) is 0 Å². The van der Waals surface area contributed by atoms with Crippen molar-refractivity contribution < 1.29 is 9.15 Å². The molecule has 1 aromatic heterocycles. The van der Waals surface area contributed by atoms with Gasteiger partial charge in [-0.25, -0.2) is 0 Å². The van der Waals surface area contributed by atoms with Crippen LogP contribution in [0.4, 0.5) is 0 Å². The Morgan fingerprint density at radius 1 is 1.14 bits per heavy atom. The average Bonchev–Trinajstić information content (AvgIpc) is 3.33. The van der Waals surface area contributed by atoms with Crippen molar-refractivity contribution in [2.24, 2.45) is 10.4 Å². The van der Waals surface area contributed by atoms with Crippen LogP contribution in [0, 0.1) is 12.3 Å². The lowest BCUT2D eigenvalue weighted by Crippen LogP contribution is -2.47. The van der Waals surface area contributed by atoms with Crippen LogP contribution in [0.2, 0.25) is 0 Å². The van der Waals surface area contributed by atoms with E-state index in [1.165, 1.54) is 38.5 Å². The summed E-state index contributed by atoms with van der Waals surface area (Å²) in [5.74, 6) is 3.05. The summed E-state index contributed by atoms with van der Waals surface area (Å²) in [6.07, 6.45) is 8.31. The van der Waals surface area contributed by atoms with Gasteiger partial charge in [0.2, 0.25) is 0 Å². The maximum absolute atomic E-state index is 6.00. The van der Waals surface area contributed by atoms with E-state index in [2.05, 4.69) is 32.2 Å². The molecule has 164 valence electrons. The first kappa shape index (κ1) is 22.9. The molecule has 1 atom stereocenters. The minimum absolute atomic E-state index is 0. The highest BCUT2D eigenvalue weighted by Crippen LogP contribution is 2.43. The number of hydrogen-bond donors (Lipinski definition) is 1. The first-order chi connectivity index (χ1) is 13.7. The molecule has 1 N–H and O–H groups in total. The quantitative estimate of drug-likeness (QED) is 0.375. The number of ether oxygens (including phenoxy) is 1. The highest BCUT2D eigenvalue weighted by Gasteiger charge is 2.40. The zero-order valence-electron chi connectivity index (χ0n) is 18.0. The number of likely N-dealkylation sites (tertiary alicyclic amines) is 1. The molecule has 1 aromatic rings. The molecule has 1 unspecified atom stereocenters. The van der Waals surface area contributed by atoms with Crippen LogP contribution in [0.15, 0.2) is 21.5 Å². The van der Waals surface area contributed by atoms with E-state index in [9.17, 15) is 0 Å². The van der Waals surface area contributed by atoms with Crippen LogP contribution in [0.3, 0.4) is 0 Å². The van der Waals surface area contributed by atoms with Gasteiger partial charge in [0.25, 0.3) is 0 Å². The van der Waals surface area contributed by atoms with Gasteiger partial charge in [0.1, 0.15) is 11.5 Å². The first-order valence-electron chi connectivity index (χ1n) is 11.0. The molecule has 0 radical (unpaired) electrons. The van der Waals surface area contributed by atoms with Gasteiger partial charge in [-0.05, 0) is 43.7 Å². The second-order valence-electron chi connectivity index (χ2n) is 8.77. The third-order valence-corrected chi connectivity index (χ3v) is 6.89. The van der Waals surface area contributed by atoms with Crippen molar-refractivity contribution in [3.05, 3.63) is 23.7 Å². The Bertz CT molecular complexity index is 666. The summed E-state index contributed by atoms with van der Waals surface area (Å²) in [7, 11) is 1.91. The normalized spacial score (nSPS) is 23.8. The van der Waals surface area contributed by atoms with E-state index in [0.717, 1.165) is 63.4 Å². The number of nitrogens with zero attached hydrogens (tertiary/aromatic N) is 3. The number of aryl methyl sites for hydroxylation is 1. The molecular weight excluding hydrogens is 479 g/mol. The lowest BCUT2D eigenvalue weighted by atomic mass is 9.73. The van der Waals surface area contributed by atoms with Crippen molar-refractivity contribution in [2.45, 2.75) is 51.5 Å². The Balaban J connectivity index is 0.00000240. The molecule has 0 amide bonds. The molecule has 6 nitrogen and oxygen atoms in total. The summed E-state index contributed by atoms with van der Waals surface area (Å²) < 4.78 is 11.6. The number of furan rings is 1. The molecule has 1 aliphatic carbocycles. The Morgan fingerprint density at radius 3 is 2.55 bits per heavy atom. The van der Waals surface area contributed by atoms with Crippen LogP contribution in [0.1, 0.15) is 56.1 Å². The molecule has 4 rings (SSSR count). The van der Waals surface area contributed by atoms with Crippen molar-refractivity contribution in [3.63, 3.8) is 0 Å². The molecule has 3 aliphatic rings. The van der Waals surface area contributed by atoms with Crippen LogP contribution in [0.25, 0.3) is 0 Å². The lowest BCUT2D eigenvalue weighted by Gasteiger charge is -2.35. The van der Waals surface area contributed by atoms with E-state index in [1.54, 1.807) is 0 Å². The summed E-state index contributed by atoms with van der Waals surface area (Å²) in [5, 5.41) is 3.67. The number of rotatable bonds is 4. The Kier molecular flexibility index (Phi) is 8.27. The summed E-state index contributed by atoms with van der Waals surface area (Å²) in [5.41, 5.74) is 0.539. The number of aliphatic imine (C=N–C) groups is 1. The van der Waals surface area contributed by atoms with Gasteiger partial charge < -0.3 is 19.4 Å². The van der Waals surface area contributed by atoms with Crippen molar-refractivity contribution in [3.8, 4) is 0 Å². The second kappa shape index (κ2) is 10.5. The fourth-order valence-corrected chi connectivity index (χ4v) is 5.28. The fraction of sp³-hybridized carbons (Fsp3) is 0.773. The zero-order valence-corrected chi connectivity index (χ0v) is 20.3. The number of halogens is 1. The molecule has 2 saturated heterocycles. The summed E-state index contributed by atoms with van der Waals surface area (Å²) in [4.78, 5) is 9.57. The van der Waals surface area contributed by atoms with Crippen LogP contribution < -0.4 is 5.32 Å². The maximum atomic E-state index is 6.00. The first-order valence-corrected chi connectivity index (χ1v) is 11.0. The van der Waals surface area contributed by atoms with E-state index in [0.29, 0.717) is 5.41 Å². The second-order valence-corrected chi connectivity index (χ2v) is 8.77. The van der Waals surface area contributed by atoms with Crippen LogP contribution >= 0.6 is 24.0 Å². The molecule has 7 heteroatoms. The minimum atomic E-state index is 0. The van der Waals surface area contributed by atoms with Crippen molar-refractivity contribution in [1.29, 1.82) is 0 Å². The van der Waals surface area contributed by atoms with Crippen LogP contribution in [-0.2, 0) is 4.74 Å². The standard InChI is InChI=1S/C22H36N4O2.HI/c1-18-6-7-20(28-18)19(25-12-14-27-15-13-25)16-24-21(23-2)26-11-10-22(17-26)8-4-3-5-9-22;/h6-7,19H,3-5,8-17H2,1-2H3,(H,23,24);1H. The van der Waals surface area contributed by atoms with E-state index in [4.69, 9.17) is 9.15 Å². The van der Waals surface area contributed by atoms with Gasteiger partial charge in [0, 0.05) is 39.8 Å². The smallest absolute Gasteiger partial charge is 0.193 e. The number of morpholine rings is 1. The van der Waals surface area contributed by atoms with E-state index in [1.807, 2.05) is 14.0 Å². The van der Waals surface area contributed by atoms with Crippen molar-refractivity contribution >= 4 is 29.9 Å². The molecule has 29 heavy (non-hydrogen) atoms. The molecule has 1 saturated carbocycles. The van der Waals surface area contributed by atoms with E-state index >= 15 is 0 Å². The predicted molar refractivity (Wildman–Crippen MR) is 127 cm³/mol. The topological polar surface area (TPSA) is 53.2 Å². The average molecular weight is 516 g/mol. The molecule has 3 heterocycles. The Hall–Kier alpha value is -0.800. The van der Waals surface area contributed by atoms with E-state index in [-0.39, 0.29) is 30.0 Å². The Morgan fingerprint density at radius 2 is 1.90 bits per heavy atom. The van der Waals surface area contributed by atoms with Gasteiger partial charge >= 0.3 is 0 Å². The fourth-order valence-electron chi connectivity index (χ4n) is 5.28. The van der Waals surface area contributed by atoms with Gasteiger partial charge in [-0.1, -0.05) is 19.3 Å². The largest absolute Gasteiger partial charge is 0.465 e. The molecule has 1 spiro atoms. The molecule has 0 bridgehead atoms.